The number of fused-ring (bicyclic) bond motifs is 1. The molecule has 4 heterocycles. The van der Waals surface area contributed by atoms with Crippen LogP contribution in [-0.4, -0.2) is 35.5 Å². The van der Waals surface area contributed by atoms with Gasteiger partial charge < -0.3 is 9.13 Å². The smallest absolute Gasteiger partial charge is 0.169 e. The van der Waals surface area contributed by atoms with Crippen molar-refractivity contribution in [1.82, 2.24) is 29.0 Å². The molecule has 0 N–H and O–H groups in total. The third-order valence-corrected chi connectivity index (χ3v) is 6.26. The lowest BCUT2D eigenvalue weighted by Crippen LogP contribution is -2.30. The zero-order chi connectivity index (χ0) is 19.6. The van der Waals surface area contributed by atoms with Crippen molar-refractivity contribution < 1.29 is 0 Å². The molecule has 0 saturated heterocycles. The van der Waals surface area contributed by atoms with E-state index in [9.17, 15) is 0 Å². The van der Waals surface area contributed by atoms with Gasteiger partial charge in [-0.05, 0) is 12.5 Å². The Bertz CT molecular complexity index is 1080. The van der Waals surface area contributed by atoms with Gasteiger partial charge in [0.05, 0.1) is 12.2 Å². The number of thiazole rings is 1. The molecule has 0 radical (unpaired) electrons. The molecule has 0 bridgehead atoms. The maximum atomic E-state index is 5.07. The van der Waals surface area contributed by atoms with Crippen molar-refractivity contribution in [3.8, 4) is 10.8 Å². The highest BCUT2D eigenvalue weighted by molar-refractivity contribution is 7.13. The van der Waals surface area contributed by atoms with Crippen LogP contribution in [0.5, 0.6) is 0 Å². The summed E-state index contributed by atoms with van der Waals surface area (Å²) < 4.78 is 4.54. The minimum Gasteiger partial charge on any atom is -0.330 e. The van der Waals surface area contributed by atoms with E-state index in [1.165, 1.54) is 17.0 Å². The molecule has 0 unspecified atom stereocenters. The fourth-order valence-corrected chi connectivity index (χ4v) is 4.79. The van der Waals surface area contributed by atoms with E-state index in [4.69, 9.17) is 4.98 Å². The normalized spacial score (nSPS) is 14.2. The Hall–Kier alpha value is -2.77. The molecule has 0 spiro atoms. The molecular formula is C22H24N6S. The largest absolute Gasteiger partial charge is 0.330 e. The van der Waals surface area contributed by atoms with Gasteiger partial charge in [0, 0.05) is 62.3 Å². The first-order valence-corrected chi connectivity index (χ1v) is 10.9. The van der Waals surface area contributed by atoms with Gasteiger partial charge in [-0.3, -0.25) is 4.90 Å². The number of aromatic nitrogens is 5. The van der Waals surface area contributed by atoms with E-state index >= 15 is 0 Å². The second kappa shape index (κ2) is 7.93. The zero-order valence-corrected chi connectivity index (χ0v) is 17.3. The number of nitrogens with zero attached hydrogens (tertiary/aromatic N) is 6. The molecule has 4 aromatic rings. The van der Waals surface area contributed by atoms with Crippen LogP contribution in [0, 0.1) is 0 Å². The monoisotopic (exact) mass is 404 g/mol. The van der Waals surface area contributed by atoms with Crippen molar-refractivity contribution >= 4 is 11.3 Å². The van der Waals surface area contributed by atoms with E-state index in [1.54, 1.807) is 11.3 Å². The van der Waals surface area contributed by atoms with Crippen LogP contribution in [0.4, 0.5) is 0 Å². The van der Waals surface area contributed by atoms with Crippen molar-refractivity contribution in [1.29, 1.82) is 0 Å². The third-order valence-electron chi connectivity index (χ3n) is 5.49. The molecule has 0 atom stereocenters. The Kier molecular flexibility index (Phi) is 4.99. The Balaban J connectivity index is 1.39. The van der Waals surface area contributed by atoms with E-state index in [2.05, 4.69) is 61.3 Å². The van der Waals surface area contributed by atoms with Gasteiger partial charge in [0.15, 0.2) is 10.8 Å². The maximum absolute atomic E-state index is 5.07. The molecular weight excluding hydrogens is 380 g/mol. The molecule has 1 aromatic carbocycles. The molecule has 3 aromatic heterocycles. The highest BCUT2D eigenvalue weighted by Crippen LogP contribution is 2.24. The average Bonchev–Trinajstić information content (AvgIpc) is 3.48. The van der Waals surface area contributed by atoms with E-state index in [-0.39, 0.29) is 0 Å². The van der Waals surface area contributed by atoms with Crippen molar-refractivity contribution in [2.75, 3.05) is 6.54 Å². The summed E-state index contributed by atoms with van der Waals surface area (Å²) >= 11 is 1.62. The number of imidazole rings is 2. The molecule has 0 saturated carbocycles. The van der Waals surface area contributed by atoms with Crippen molar-refractivity contribution in [3.63, 3.8) is 0 Å². The van der Waals surface area contributed by atoms with Gasteiger partial charge in [-0.25, -0.2) is 15.0 Å². The van der Waals surface area contributed by atoms with Gasteiger partial charge in [-0.2, -0.15) is 0 Å². The standard InChI is InChI=1S/C22H24N6S/c1-2-28-19-8-11-26(14-17-6-4-3-5-7-17)15-18(19)25-20(28)16-27-12-9-23-21(27)22-24-10-13-29-22/h3-7,9-10,12-13H,2,8,11,14-16H2,1H3. The molecule has 29 heavy (non-hydrogen) atoms. The first-order chi connectivity index (χ1) is 14.3. The molecule has 0 aliphatic carbocycles. The first-order valence-electron chi connectivity index (χ1n) is 10.1. The number of hydrogen-bond donors (Lipinski definition) is 0. The van der Waals surface area contributed by atoms with E-state index < -0.39 is 0 Å². The van der Waals surface area contributed by atoms with Crippen molar-refractivity contribution in [3.05, 3.63) is 77.1 Å². The first kappa shape index (κ1) is 18.3. The van der Waals surface area contributed by atoms with Gasteiger partial charge in [0.25, 0.3) is 0 Å². The maximum Gasteiger partial charge on any atom is 0.169 e. The van der Waals surface area contributed by atoms with Crippen LogP contribution in [0.25, 0.3) is 10.8 Å². The predicted octanol–water partition coefficient (Wildman–Crippen LogP) is 3.83. The fourth-order valence-electron chi connectivity index (χ4n) is 4.14. The van der Waals surface area contributed by atoms with Gasteiger partial charge in [0.2, 0.25) is 0 Å². The van der Waals surface area contributed by atoms with Crippen LogP contribution in [0.15, 0.2) is 54.3 Å². The van der Waals surface area contributed by atoms with Crippen LogP contribution in [0.1, 0.15) is 29.7 Å². The lowest BCUT2D eigenvalue weighted by molar-refractivity contribution is 0.239. The highest BCUT2D eigenvalue weighted by atomic mass is 32.1. The highest BCUT2D eigenvalue weighted by Gasteiger charge is 2.24. The third kappa shape index (κ3) is 3.63. The van der Waals surface area contributed by atoms with Crippen molar-refractivity contribution in [2.45, 2.75) is 39.5 Å². The quantitative estimate of drug-likeness (QED) is 0.490. The summed E-state index contributed by atoms with van der Waals surface area (Å²) in [6, 6.07) is 10.7. The van der Waals surface area contributed by atoms with Crippen molar-refractivity contribution in [2.24, 2.45) is 0 Å². The molecule has 6 nitrogen and oxygen atoms in total. The lowest BCUT2D eigenvalue weighted by Gasteiger charge is -2.27. The minimum absolute atomic E-state index is 0.717. The number of rotatable bonds is 6. The average molecular weight is 405 g/mol. The Morgan fingerprint density at radius 3 is 2.76 bits per heavy atom. The van der Waals surface area contributed by atoms with Gasteiger partial charge >= 0.3 is 0 Å². The number of hydrogen-bond acceptors (Lipinski definition) is 5. The number of benzene rings is 1. The van der Waals surface area contributed by atoms with E-state index in [1.807, 2.05) is 24.0 Å². The Morgan fingerprint density at radius 1 is 1.07 bits per heavy atom. The second-order valence-corrected chi connectivity index (χ2v) is 8.22. The predicted molar refractivity (Wildman–Crippen MR) is 115 cm³/mol. The van der Waals surface area contributed by atoms with Crippen LogP contribution in [0.2, 0.25) is 0 Å². The Labute approximate surface area is 174 Å². The van der Waals surface area contributed by atoms with Crippen LogP contribution in [-0.2, 0) is 32.6 Å². The minimum atomic E-state index is 0.717. The topological polar surface area (TPSA) is 51.8 Å². The van der Waals surface area contributed by atoms with Crippen LogP contribution < -0.4 is 0 Å². The molecule has 5 rings (SSSR count). The van der Waals surface area contributed by atoms with Gasteiger partial charge in [-0.15, -0.1) is 11.3 Å². The van der Waals surface area contributed by atoms with Gasteiger partial charge in [0.1, 0.15) is 5.82 Å². The molecule has 148 valence electrons. The zero-order valence-electron chi connectivity index (χ0n) is 16.5. The summed E-state index contributed by atoms with van der Waals surface area (Å²) in [5, 5.41) is 2.94. The van der Waals surface area contributed by atoms with Crippen LogP contribution >= 0.6 is 11.3 Å². The summed E-state index contributed by atoms with van der Waals surface area (Å²) in [6.45, 7) is 6.82. The summed E-state index contributed by atoms with van der Waals surface area (Å²) in [5.74, 6) is 2.02. The summed E-state index contributed by atoms with van der Waals surface area (Å²) in [5.41, 5.74) is 3.97. The second-order valence-electron chi connectivity index (χ2n) is 7.33. The summed E-state index contributed by atoms with van der Waals surface area (Å²) in [7, 11) is 0. The molecule has 1 aliphatic rings. The molecule has 7 heteroatoms. The fraction of sp³-hybridized carbons (Fsp3) is 0.318. The molecule has 0 amide bonds. The van der Waals surface area contributed by atoms with E-state index in [0.717, 1.165) is 49.3 Å². The summed E-state index contributed by atoms with van der Waals surface area (Å²) in [6.07, 6.45) is 6.74. The Morgan fingerprint density at radius 2 is 1.97 bits per heavy atom. The molecule has 1 aliphatic heterocycles. The van der Waals surface area contributed by atoms with Crippen LogP contribution in [0.3, 0.4) is 0 Å². The summed E-state index contributed by atoms with van der Waals surface area (Å²) in [4.78, 5) is 16.5. The lowest BCUT2D eigenvalue weighted by atomic mass is 10.1. The SMILES string of the molecule is CCn1c(Cn2ccnc2-c2nccs2)nc2c1CCN(Cc1ccccc1)C2. The molecule has 0 fully saturated rings. The van der Waals surface area contributed by atoms with Gasteiger partial charge in [-0.1, -0.05) is 30.3 Å². The van der Waals surface area contributed by atoms with E-state index in [0.29, 0.717) is 6.54 Å².